The van der Waals surface area contributed by atoms with Crippen molar-refractivity contribution in [2.45, 2.75) is 13.0 Å². The molecule has 0 aliphatic carbocycles. The Morgan fingerprint density at radius 2 is 1.71 bits per heavy atom. The Hall–Kier alpha value is -2.44. The maximum absolute atomic E-state index is 12.7. The van der Waals surface area contributed by atoms with E-state index in [0.717, 1.165) is 11.3 Å². The lowest BCUT2D eigenvalue weighted by Gasteiger charge is -2.26. The molecular weight excluding hydrogens is 403 g/mol. The Morgan fingerprint density at radius 1 is 1.11 bits per heavy atom. The van der Waals surface area contributed by atoms with Gasteiger partial charge in [-0.15, -0.1) is 23.2 Å². The van der Waals surface area contributed by atoms with Gasteiger partial charge < -0.3 is 25.2 Å². The van der Waals surface area contributed by atoms with Gasteiger partial charge in [-0.2, -0.15) is 0 Å². The number of phenols is 1. The second kappa shape index (κ2) is 10.2. The van der Waals surface area contributed by atoms with Crippen LogP contribution in [0.1, 0.15) is 27.5 Å². The first kappa shape index (κ1) is 21.9. The van der Waals surface area contributed by atoms with E-state index in [-0.39, 0.29) is 5.75 Å². The van der Waals surface area contributed by atoms with Gasteiger partial charge in [0.25, 0.3) is 5.91 Å². The molecule has 0 heterocycles. The Balaban J connectivity index is 2.28. The van der Waals surface area contributed by atoms with Crippen LogP contribution in [0.15, 0.2) is 42.5 Å². The first-order valence-electron chi connectivity index (χ1n) is 8.65. The smallest absolute Gasteiger partial charge is 0.252 e. The van der Waals surface area contributed by atoms with Gasteiger partial charge in [0.15, 0.2) is 0 Å². The van der Waals surface area contributed by atoms with E-state index in [1.54, 1.807) is 18.2 Å². The molecule has 0 aromatic heterocycles. The van der Waals surface area contributed by atoms with Crippen LogP contribution in [0.25, 0.3) is 0 Å². The van der Waals surface area contributed by atoms with Crippen molar-refractivity contribution in [2.24, 2.45) is 0 Å². The van der Waals surface area contributed by atoms with Crippen LogP contribution in [0.4, 0.5) is 5.69 Å². The fourth-order valence-electron chi connectivity index (χ4n) is 2.81. The van der Waals surface area contributed by atoms with Gasteiger partial charge in [0.05, 0.1) is 12.0 Å². The van der Waals surface area contributed by atoms with Crippen LogP contribution >= 0.6 is 23.2 Å². The van der Waals surface area contributed by atoms with Crippen molar-refractivity contribution in [3.63, 3.8) is 0 Å². The van der Waals surface area contributed by atoms with Gasteiger partial charge in [-0.05, 0) is 42.3 Å². The molecule has 0 radical (unpaired) electrons. The highest BCUT2D eigenvalue weighted by molar-refractivity contribution is 6.18. The molecular formula is C20H21Cl2N2O4-. The molecule has 1 atom stereocenters. The zero-order chi connectivity index (χ0) is 20.7. The summed E-state index contributed by atoms with van der Waals surface area (Å²) in [7, 11) is 0. The summed E-state index contributed by atoms with van der Waals surface area (Å²) in [6.45, 7) is 3.04. The number of anilines is 1. The predicted octanol–water partition coefficient (Wildman–Crippen LogP) is 2.21. The summed E-state index contributed by atoms with van der Waals surface area (Å²) < 4.78 is 0. The van der Waals surface area contributed by atoms with Crippen molar-refractivity contribution in [3.8, 4) is 5.75 Å². The Kier molecular flexibility index (Phi) is 7.96. The molecule has 6 nitrogen and oxygen atoms in total. The highest BCUT2D eigenvalue weighted by Crippen LogP contribution is 2.23. The minimum absolute atomic E-state index is 0.00553. The van der Waals surface area contributed by atoms with Crippen LogP contribution in [-0.4, -0.2) is 41.8 Å². The van der Waals surface area contributed by atoms with E-state index in [1.165, 1.54) is 24.3 Å². The Morgan fingerprint density at radius 3 is 2.25 bits per heavy atom. The van der Waals surface area contributed by atoms with Crippen LogP contribution in [0.2, 0.25) is 0 Å². The number of carboxylic acids is 1. The van der Waals surface area contributed by atoms with Crippen molar-refractivity contribution in [3.05, 3.63) is 59.2 Å². The quantitative estimate of drug-likeness (QED) is 0.603. The second-order valence-corrected chi connectivity index (χ2v) is 6.94. The Labute approximate surface area is 173 Å². The maximum Gasteiger partial charge on any atom is 0.252 e. The standard InChI is InChI=1S/C20H22Cl2N2O4/c1-13-2-3-15(12-17(13)24(10-8-21)11-9-22)19(26)23-18(20(27)28)14-4-6-16(25)7-5-14/h2-7,12,18,25H,8-11H2,1H3,(H,23,26)(H,27,28)/p-1/t18-/m0/s1. The fraction of sp³-hybridized carbons (Fsp3) is 0.300. The van der Waals surface area contributed by atoms with E-state index < -0.39 is 17.9 Å². The number of carbonyl (C=O) groups is 2. The normalized spacial score (nSPS) is 11.7. The largest absolute Gasteiger partial charge is 0.548 e. The molecule has 0 bridgehead atoms. The number of rotatable bonds is 9. The van der Waals surface area contributed by atoms with Crippen molar-refractivity contribution < 1.29 is 19.8 Å². The molecule has 0 aliphatic heterocycles. The number of aliphatic carboxylic acids is 1. The molecule has 150 valence electrons. The average Bonchev–Trinajstić information content (AvgIpc) is 2.67. The van der Waals surface area contributed by atoms with Gasteiger partial charge in [-0.25, -0.2) is 0 Å². The fourth-order valence-corrected chi connectivity index (χ4v) is 3.22. The van der Waals surface area contributed by atoms with Crippen molar-refractivity contribution in [2.75, 3.05) is 29.7 Å². The van der Waals surface area contributed by atoms with Crippen LogP contribution in [0.3, 0.4) is 0 Å². The van der Waals surface area contributed by atoms with Crippen LogP contribution in [0.5, 0.6) is 5.75 Å². The highest BCUT2D eigenvalue weighted by atomic mass is 35.5. The number of carboxylic acid groups (broad SMARTS) is 1. The topological polar surface area (TPSA) is 92.7 Å². The molecule has 8 heteroatoms. The summed E-state index contributed by atoms with van der Waals surface area (Å²) in [6.07, 6.45) is 0. The van der Waals surface area contributed by atoms with Crippen molar-refractivity contribution in [1.82, 2.24) is 5.32 Å². The van der Waals surface area contributed by atoms with E-state index >= 15 is 0 Å². The van der Waals surface area contributed by atoms with Gasteiger partial charge in [-0.3, -0.25) is 4.79 Å². The lowest BCUT2D eigenvalue weighted by Crippen LogP contribution is -2.41. The van der Waals surface area contributed by atoms with Crippen molar-refractivity contribution in [1.29, 1.82) is 0 Å². The third-order valence-corrected chi connectivity index (χ3v) is 4.60. The molecule has 28 heavy (non-hydrogen) atoms. The highest BCUT2D eigenvalue weighted by Gasteiger charge is 2.19. The van der Waals surface area contributed by atoms with E-state index in [2.05, 4.69) is 5.32 Å². The monoisotopic (exact) mass is 423 g/mol. The van der Waals surface area contributed by atoms with E-state index in [9.17, 15) is 19.8 Å². The number of phenolic OH excluding ortho intramolecular Hbond substituents is 1. The van der Waals surface area contributed by atoms with Gasteiger partial charge in [0, 0.05) is 36.1 Å². The average molecular weight is 424 g/mol. The molecule has 0 aliphatic rings. The number of hydrogen-bond acceptors (Lipinski definition) is 5. The summed E-state index contributed by atoms with van der Waals surface area (Å²) in [4.78, 5) is 26.2. The first-order valence-corrected chi connectivity index (χ1v) is 9.72. The zero-order valence-corrected chi connectivity index (χ0v) is 16.8. The van der Waals surface area contributed by atoms with Crippen molar-refractivity contribution >= 4 is 40.8 Å². The SMILES string of the molecule is Cc1ccc(C(=O)N[C@H](C(=O)[O-])c2ccc(O)cc2)cc1N(CCCl)CCCl. The minimum atomic E-state index is -1.45. The van der Waals surface area contributed by atoms with E-state index in [4.69, 9.17) is 23.2 Å². The van der Waals surface area contributed by atoms with Crippen LogP contribution < -0.4 is 15.3 Å². The molecule has 0 saturated carbocycles. The summed E-state index contributed by atoms with van der Waals surface area (Å²) in [5, 5.41) is 23.3. The summed E-state index contributed by atoms with van der Waals surface area (Å²) in [6, 6.07) is 9.27. The van der Waals surface area contributed by atoms with Crippen LogP contribution in [-0.2, 0) is 4.79 Å². The summed E-state index contributed by atoms with van der Waals surface area (Å²) in [5.74, 6) is -1.20. The third-order valence-electron chi connectivity index (χ3n) is 4.26. The summed E-state index contributed by atoms with van der Waals surface area (Å²) >= 11 is 11.7. The molecule has 0 unspecified atom stereocenters. The number of aryl methyl sites for hydroxylation is 1. The number of amides is 1. The van der Waals surface area contributed by atoms with Crippen LogP contribution in [0, 0.1) is 6.92 Å². The third kappa shape index (κ3) is 5.53. The van der Waals surface area contributed by atoms with Gasteiger partial charge in [-0.1, -0.05) is 18.2 Å². The lowest BCUT2D eigenvalue weighted by molar-refractivity contribution is -0.308. The number of benzene rings is 2. The van der Waals surface area contributed by atoms with Gasteiger partial charge in [0.1, 0.15) is 5.75 Å². The maximum atomic E-state index is 12.7. The molecule has 0 saturated heterocycles. The molecule has 0 spiro atoms. The molecule has 1 amide bonds. The van der Waals surface area contributed by atoms with Gasteiger partial charge in [0.2, 0.25) is 0 Å². The molecule has 2 rings (SSSR count). The molecule has 2 aromatic rings. The molecule has 0 fully saturated rings. The summed E-state index contributed by atoms with van der Waals surface area (Å²) in [5.41, 5.74) is 2.36. The molecule has 2 aromatic carbocycles. The predicted molar refractivity (Wildman–Crippen MR) is 108 cm³/mol. The number of hydrogen-bond donors (Lipinski definition) is 2. The van der Waals surface area contributed by atoms with Gasteiger partial charge >= 0.3 is 0 Å². The number of aromatic hydroxyl groups is 1. The number of halogens is 2. The van der Waals surface area contributed by atoms with E-state index in [0.29, 0.717) is 36.0 Å². The number of alkyl halides is 2. The minimum Gasteiger partial charge on any atom is -0.548 e. The lowest BCUT2D eigenvalue weighted by atomic mass is 10.0. The first-order chi connectivity index (χ1) is 13.4. The van der Waals surface area contributed by atoms with E-state index in [1.807, 2.05) is 11.8 Å². The Bertz CT molecular complexity index is 821. The number of nitrogens with zero attached hydrogens (tertiary/aromatic N) is 1. The zero-order valence-electron chi connectivity index (χ0n) is 15.3. The second-order valence-electron chi connectivity index (χ2n) is 6.18. The number of carbonyl (C=O) groups excluding carboxylic acids is 2. The number of nitrogens with one attached hydrogen (secondary N) is 1. The molecule has 2 N–H and O–H groups in total.